The van der Waals surface area contributed by atoms with E-state index in [1.807, 2.05) is 48.7 Å². The second kappa shape index (κ2) is 5.69. The minimum absolute atomic E-state index is 0.169. The number of benzene rings is 2. The first kappa shape index (κ1) is 11.9. The Balaban J connectivity index is 2.08. The third-order valence-electron chi connectivity index (χ3n) is 2.62. The van der Waals surface area contributed by atoms with Gasteiger partial charge in [-0.1, -0.05) is 42.5 Å². The van der Waals surface area contributed by atoms with Crippen molar-refractivity contribution in [1.29, 1.82) is 0 Å². The van der Waals surface area contributed by atoms with E-state index in [1.165, 1.54) is 4.90 Å². The predicted octanol–water partition coefficient (Wildman–Crippen LogP) is 3.83. The fourth-order valence-corrected chi connectivity index (χ4v) is 2.06. The molecule has 2 aromatic rings. The van der Waals surface area contributed by atoms with Crippen LogP contribution in [-0.4, -0.2) is 12.0 Å². The lowest BCUT2D eigenvalue weighted by Gasteiger charge is -2.02. The topological polar surface area (TPSA) is 17.1 Å². The largest absolute Gasteiger partial charge is 0.294 e. The molecule has 0 heterocycles. The van der Waals surface area contributed by atoms with Crippen LogP contribution in [0.4, 0.5) is 0 Å². The Bertz CT molecular complexity index is 488. The van der Waals surface area contributed by atoms with E-state index in [-0.39, 0.29) is 5.78 Å². The quantitative estimate of drug-likeness (QED) is 0.598. The zero-order valence-electron chi connectivity index (χ0n) is 9.72. The van der Waals surface area contributed by atoms with Crippen molar-refractivity contribution in [2.24, 2.45) is 0 Å². The van der Waals surface area contributed by atoms with Crippen molar-refractivity contribution in [2.45, 2.75) is 11.3 Å². The zero-order valence-corrected chi connectivity index (χ0v) is 10.5. The van der Waals surface area contributed by atoms with E-state index in [0.717, 1.165) is 11.1 Å². The van der Waals surface area contributed by atoms with Crippen molar-refractivity contribution in [2.75, 3.05) is 6.26 Å². The summed E-state index contributed by atoms with van der Waals surface area (Å²) in [6, 6.07) is 17.6. The summed E-state index contributed by atoms with van der Waals surface area (Å²) in [5, 5.41) is 0. The molecule has 0 atom stereocenters. The lowest BCUT2D eigenvalue weighted by Crippen LogP contribution is -2.02. The number of hydrogen-bond acceptors (Lipinski definition) is 2. The number of carbonyl (C=O) groups is 1. The van der Waals surface area contributed by atoms with Crippen molar-refractivity contribution in [3.8, 4) is 0 Å². The van der Waals surface area contributed by atoms with Gasteiger partial charge in [-0.3, -0.25) is 4.79 Å². The van der Waals surface area contributed by atoms with E-state index >= 15 is 0 Å². The molecule has 1 nitrogen and oxygen atoms in total. The van der Waals surface area contributed by atoms with E-state index < -0.39 is 0 Å². The minimum Gasteiger partial charge on any atom is -0.294 e. The maximum absolute atomic E-state index is 12.0. The molecule has 17 heavy (non-hydrogen) atoms. The summed E-state index contributed by atoms with van der Waals surface area (Å²) in [6.07, 6.45) is 2.52. The van der Waals surface area contributed by atoms with Crippen LogP contribution in [0.25, 0.3) is 0 Å². The van der Waals surface area contributed by atoms with Crippen LogP contribution in [0.15, 0.2) is 59.5 Å². The smallest absolute Gasteiger partial charge is 0.167 e. The van der Waals surface area contributed by atoms with Gasteiger partial charge in [-0.2, -0.15) is 0 Å². The second-order valence-corrected chi connectivity index (χ2v) is 4.69. The molecule has 0 aliphatic heterocycles. The Morgan fingerprint density at radius 1 is 1.00 bits per heavy atom. The molecule has 0 saturated carbocycles. The average molecular weight is 242 g/mol. The molecule has 0 bridgehead atoms. The Morgan fingerprint density at radius 3 is 2.24 bits per heavy atom. The van der Waals surface area contributed by atoms with Gasteiger partial charge in [0.1, 0.15) is 0 Å². The molecule has 86 valence electrons. The minimum atomic E-state index is 0.169. The SMILES string of the molecule is CSc1ccc(CC(=O)c2ccccc2)cc1. The molecule has 0 aromatic heterocycles. The lowest BCUT2D eigenvalue weighted by molar-refractivity contribution is 0.0993. The first-order valence-corrected chi connectivity index (χ1v) is 6.73. The second-order valence-electron chi connectivity index (χ2n) is 3.81. The first-order valence-electron chi connectivity index (χ1n) is 5.51. The van der Waals surface area contributed by atoms with E-state index in [4.69, 9.17) is 0 Å². The highest BCUT2D eigenvalue weighted by Crippen LogP contribution is 2.16. The number of ketones is 1. The summed E-state index contributed by atoms with van der Waals surface area (Å²) in [4.78, 5) is 13.2. The van der Waals surface area contributed by atoms with E-state index in [2.05, 4.69) is 12.1 Å². The summed E-state index contributed by atoms with van der Waals surface area (Å²) in [5.74, 6) is 0.169. The van der Waals surface area contributed by atoms with Crippen LogP contribution in [0, 0.1) is 0 Å². The molecular formula is C15H14OS. The van der Waals surface area contributed by atoms with Crippen LogP contribution < -0.4 is 0 Å². The molecule has 0 aliphatic rings. The molecule has 0 N–H and O–H groups in total. The van der Waals surface area contributed by atoms with Crippen molar-refractivity contribution >= 4 is 17.5 Å². The summed E-state index contributed by atoms with van der Waals surface area (Å²) in [7, 11) is 0. The molecule has 2 rings (SSSR count). The van der Waals surface area contributed by atoms with Gasteiger partial charge in [0.05, 0.1) is 0 Å². The molecule has 0 unspecified atom stereocenters. The fraction of sp³-hybridized carbons (Fsp3) is 0.133. The standard InChI is InChI=1S/C15H14OS/c1-17-14-9-7-12(8-10-14)11-15(16)13-5-3-2-4-6-13/h2-10H,11H2,1H3. The molecule has 0 radical (unpaired) electrons. The molecule has 0 fully saturated rings. The van der Waals surface area contributed by atoms with Gasteiger partial charge >= 0.3 is 0 Å². The predicted molar refractivity (Wildman–Crippen MR) is 72.7 cm³/mol. The van der Waals surface area contributed by atoms with Crippen LogP contribution in [0.1, 0.15) is 15.9 Å². The van der Waals surface area contributed by atoms with E-state index in [9.17, 15) is 4.79 Å². The monoisotopic (exact) mass is 242 g/mol. The van der Waals surface area contributed by atoms with Gasteiger partial charge in [0, 0.05) is 16.9 Å². The molecule has 0 saturated heterocycles. The Kier molecular flexibility index (Phi) is 3.99. The normalized spacial score (nSPS) is 10.2. The number of carbonyl (C=O) groups excluding carboxylic acids is 1. The number of thioether (sulfide) groups is 1. The molecule has 0 spiro atoms. The maximum atomic E-state index is 12.0. The van der Waals surface area contributed by atoms with Gasteiger partial charge in [0.2, 0.25) is 0 Å². The van der Waals surface area contributed by atoms with Crippen molar-refractivity contribution < 1.29 is 4.79 Å². The van der Waals surface area contributed by atoms with E-state index in [1.54, 1.807) is 11.8 Å². The fourth-order valence-electron chi connectivity index (χ4n) is 1.65. The van der Waals surface area contributed by atoms with Crippen molar-refractivity contribution in [1.82, 2.24) is 0 Å². The van der Waals surface area contributed by atoms with Crippen LogP contribution in [0.3, 0.4) is 0 Å². The summed E-state index contributed by atoms with van der Waals surface area (Å²) < 4.78 is 0. The van der Waals surface area contributed by atoms with Gasteiger partial charge in [-0.05, 0) is 24.0 Å². The van der Waals surface area contributed by atoms with Gasteiger partial charge in [0.15, 0.2) is 5.78 Å². The van der Waals surface area contributed by atoms with Gasteiger partial charge < -0.3 is 0 Å². The number of rotatable bonds is 4. The van der Waals surface area contributed by atoms with Gasteiger partial charge in [-0.15, -0.1) is 11.8 Å². The first-order chi connectivity index (χ1) is 8.29. The van der Waals surface area contributed by atoms with Gasteiger partial charge in [0.25, 0.3) is 0 Å². The number of hydrogen-bond donors (Lipinski definition) is 0. The lowest BCUT2D eigenvalue weighted by atomic mass is 10.0. The van der Waals surface area contributed by atoms with Crippen molar-refractivity contribution in [3.63, 3.8) is 0 Å². The maximum Gasteiger partial charge on any atom is 0.167 e. The Labute approximate surface area is 106 Å². The highest BCUT2D eigenvalue weighted by Gasteiger charge is 2.05. The molecule has 2 heteroatoms. The van der Waals surface area contributed by atoms with Gasteiger partial charge in [-0.25, -0.2) is 0 Å². The third-order valence-corrected chi connectivity index (χ3v) is 3.36. The van der Waals surface area contributed by atoms with Crippen LogP contribution in [0.2, 0.25) is 0 Å². The molecule has 2 aromatic carbocycles. The summed E-state index contributed by atoms with van der Waals surface area (Å²) in [6.45, 7) is 0. The highest BCUT2D eigenvalue weighted by molar-refractivity contribution is 7.98. The summed E-state index contributed by atoms with van der Waals surface area (Å²) in [5.41, 5.74) is 1.85. The van der Waals surface area contributed by atoms with Crippen LogP contribution >= 0.6 is 11.8 Å². The Hall–Kier alpha value is -1.54. The number of Topliss-reactive ketones (excluding diaryl/α,β-unsaturated/α-hetero) is 1. The van der Waals surface area contributed by atoms with Crippen LogP contribution in [0.5, 0.6) is 0 Å². The third kappa shape index (κ3) is 3.21. The van der Waals surface area contributed by atoms with Crippen molar-refractivity contribution in [3.05, 3.63) is 65.7 Å². The summed E-state index contributed by atoms with van der Waals surface area (Å²) >= 11 is 1.71. The van der Waals surface area contributed by atoms with Crippen LogP contribution in [-0.2, 0) is 6.42 Å². The Morgan fingerprint density at radius 2 is 1.65 bits per heavy atom. The molecule has 0 amide bonds. The molecular weight excluding hydrogens is 228 g/mol. The average Bonchev–Trinajstić information content (AvgIpc) is 2.40. The zero-order chi connectivity index (χ0) is 12.1. The molecule has 0 aliphatic carbocycles. The highest BCUT2D eigenvalue weighted by atomic mass is 32.2. The van der Waals surface area contributed by atoms with E-state index in [0.29, 0.717) is 6.42 Å².